The van der Waals surface area contributed by atoms with Crippen LogP contribution in [0.2, 0.25) is 0 Å². The van der Waals surface area contributed by atoms with Crippen LogP contribution < -0.4 is 10.2 Å². The van der Waals surface area contributed by atoms with Gasteiger partial charge in [-0.25, -0.2) is 0 Å². The van der Waals surface area contributed by atoms with Crippen molar-refractivity contribution in [2.24, 2.45) is 5.92 Å². The summed E-state index contributed by atoms with van der Waals surface area (Å²) >= 11 is 0. The van der Waals surface area contributed by atoms with Crippen LogP contribution in [0.5, 0.6) is 0 Å². The van der Waals surface area contributed by atoms with E-state index in [4.69, 9.17) is 0 Å². The van der Waals surface area contributed by atoms with Gasteiger partial charge in [-0.15, -0.1) is 0 Å². The van der Waals surface area contributed by atoms with E-state index in [-0.39, 0.29) is 0 Å². The molecule has 1 fully saturated rings. The first kappa shape index (κ1) is 15.3. The fraction of sp³-hybridized carbons (Fsp3) is 0.706. The molecule has 1 aromatic heterocycles. The molecule has 0 aromatic carbocycles. The average molecular weight is 275 g/mol. The van der Waals surface area contributed by atoms with Gasteiger partial charge >= 0.3 is 0 Å². The van der Waals surface area contributed by atoms with E-state index in [1.54, 1.807) is 0 Å². The summed E-state index contributed by atoms with van der Waals surface area (Å²) in [4.78, 5) is 6.77. The molecule has 0 spiro atoms. The van der Waals surface area contributed by atoms with E-state index in [2.05, 4.69) is 49.1 Å². The zero-order valence-corrected chi connectivity index (χ0v) is 13.4. The van der Waals surface area contributed by atoms with Gasteiger partial charge in [0, 0.05) is 49.3 Å². The van der Waals surface area contributed by atoms with Crippen molar-refractivity contribution in [3.05, 3.63) is 24.0 Å². The molecule has 3 nitrogen and oxygen atoms in total. The minimum Gasteiger partial charge on any atom is -0.371 e. The Hall–Kier alpha value is -1.09. The summed E-state index contributed by atoms with van der Waals surface area (Å²) in [7, 11) is 2.24. The maximum absolute atomic E-state index is 4.30. The van der Waals surface area contributed by atoms with E-state index in [1.165, 1.54) is 36.9 Å². The summed E-state index contributed by atoms with van der Waals surface area (Å²) < 4.78 is 0. The third-order valence-electron chi connectivity index (χ3n) is 4.49. The highest BCUT2D eigenvalue weighted by Gasteiger charge is 2.23. The summed E-state index contributed by atoms with van der Waals surface area (Å²) in [5.74, 6) is 0.902. The highest BCUT2D eigenvalue weighted by Crippen LogP contribution is 2.30. The Morgan fingerprint density at radius 2 is 2.00 bits per heavy atom. The molecule has 0 bridgehead atoms. The number of hydrogen-bond donors (Lipinski definition) is 1. The number of nitrogens with one attached hydrogen (secondary N) is 1. The fourth-order valence-electron chi connectivity index (χ4n) is 3.04. The van der Waals surface area contributed by atoms with Gasteiger partial charge in [0.15, 0.2) is 0 Å². The Kier molecular flexibility index (Phi) is 5.41. The van der Waals surface area contributed by atoms with Gasteiger partial charge in [-0.05, 0) is 37.7 Å². The highest BCUT2D eigenvalue weighted by molar-refractivity contribution is 5.52. The lowest BCUT2D eigenvalue weighted by Crippen LogP contribution is -2.36. The normalized spacial score (nSPS) is 23.1. The summed E-state index contributed by atoms with van der Waals surface area (Å²) in [6.07, 6.45) is 9.27. The van der Waals surface area contributed by atoms with Gasteiger partial charge in [0.05, 0.1) is 0 Å². The maximum atomic E-state index is 4.30. The molecular formula is C17H29N3. The number of nitrogens with zero attached hydrogens (tertiary/aromatic N) is 2. The molecule has 1 N–H and O–H groups in total. The molecule has 1 heterocycles. The number of hydrogen-bond acceptors (Lipinski definition) is 3. The molecule has 0 radical (unpaired) electrons. The molecule has 1 aromatic rings. The molecule has 0 unspecified atom stereocenters. The van der Waals surface area contributed by atoms with Gasteiger partial charge in [0.2, 0.25) is 0 Å². The number of anilines is 1. The lowest BCUT2D eigenvalue weighted by Gasteiger charge is -2.36. The van der Waals surface area contributed by atoms with Gasteiger partial charge < -0.3 is 10.2 Å². The van der Waals surface area contributed by atoms with Crippen LogP contribution in [0, 0.1) is 5.92 Å². The standard InChI is InChI=1S/C17H29N3/c1-13(2)19-12-15-11-18-10-9-17(15)20(4)16-7-5-14(3)6-8-16/h9-11,13-14,16,19H,5-8,12H2,1-4H3. The zero-order valence-electron chi connectivity index (χ0n) is 13.4. The summed E-state index contributed by atoms with van der Waals surface area (Å²) in [5.41, 5.74) is 2.65. The molecule has 1 saturated carbocycles. The van der Waals surface area contributed by atoms with Crippen molar-refractivity contribution in [1.82, 2.24) is 10.3 Å². The molecule has 0 atom stereocenters. The average Bonchev–Trinajstić information content (AvgIpc) is 2.45. The Bertz CT molecular complexity index is 408. The lowest BCUT2D eigenvalue weighted by atomic mass is 9.86. The number of pyridine rings is 1. The molecule has 0 saturated heterocycles. The van der Waals surface area contributed by atoms with Crippen molar-refractivity contribution in [1.29, 1.82) is 0 Å². The number of rotatable bonds is 5. The zero-order chi connectivity index (χ0) is 14.5. The molecule has 3 heteroatoms. The summed E-state index contributed by atoms with van der Waals surface area (Å²) in [5, 5.41) is 3.50. The fourth-order valence-corrected chi connectivity index (χ4v) is 3.04. The van der Waals surface area contributed by atoms with Gasteiger partial charge in [0.25, 0.3) is 0 Å². The predicted molar refractivity (Wildman–Crippen MR) is 86.0 cm³/mol. The van der Waals surface area contributed by atoms with Crippen molar-refractivity contribution < 1.29 is 0 Å². The van der Waals surface area contributed by atoms with Crippen molar-refractivity contribution in [3.63, 3.8) is 0 Å². The molecule has 0 amide bonds. The monoisotopic (exact) mass is 275 g/mol. The van der Waals surface area contributed by atoms with Crippen LogP contribution >= 0.6 is 0 Å². The second-order valence-electron chi connectivity index (χ2n) is 6.56. The maximum Gasteiger partial charge on any atom is 0.0442 e. The van der Waals surface area contributed by atoms with Crippen molar-refractivity contribution >= 4 is 5.69 Å². The third kappa shape index (κ3) is 3.95. The topological polar surface area (TPSA) is 28.2 Å². The predicted octanol–water partition coefficient (Wildman–Crippen LogP) is 3.59. The van der Waals surface area contributed by atoms with Gasteiger partial charge in [0.1, 0.15) is 0 Å². The van der Waals surface area contributed by atoms with E-state index in [1.807, 2.05) is 12.4 Å². The highest BCUT2D eigenvalue weighted by atomic mass is 15.1. The van der Waals surface area contributed by atoms with Crippen LogP contribution in [0.3, 0.4) is 0 Å². The Balaban J connectivity index is 2.06. The van der Waals surface area contributed by atoms with E-state index in [9.17, 15) is 0 Å². The van der Waals surface area contributed by atoms with Crippen molar-refractivity contribution in [3.8, 4) is 0 Å². The molecule has 112 valence electrons. The molecule has 20 heavy (non-hydrogen) atoms. The number of aromatic nitrogens is 1. The first-order valence-corrected chi connectivity index (χ1v) is 7.97. The van der Waals surface area contributed by atoms with Gasteiger partial charge in [-0.2, -0.15) is 0 Å². The molecule has 1 aliphatic carbocycles. The summed E-state index contributed by atoms with van der Waals surface area (Å²) in [6, 6.07) is 3.35. The van der Waals surface area contributed by atoms with Crippen LogP contribution in [-0.4, -0.2) is 24.1 Å². The lowest BCUT2D eigenvalue weighted by molar-refractivity contribution is 0.340. The van der Waals surface area contributed by atoms with Crippen LogP contribution in [0.25, 0.3) is 0 Å². The molecule has 0 aliphatic heterocycles. The van der Waals surface area contributed by atoms with E-state index < -0.39 is 0 Å². The van der Waals surface area contributed by atoms with E-state index >= 15 is 0 Å². The van der Waals surface area contributed by atoms with E-state index in [0.717, 1.165) is 12.5 Å². The minimum absolute atomic E-state index is 0.504. The quantitative estimate of drug-likeness (QED) is 0.890. The van der Waals surface area contributed by atoms with Gasteiger partial charge in [-0.1, -0.05) is 20.8 Å². The second-order valence-corrected chi connectivity index (χ2v) is 6.56. The van der Waals surface area contributed by atoms with Crippen LogP contribution in [0.4, 0.5) is 5.69 Å². The molecule has 1 aliphatic rings. The second kappa shape index (κ2) is 7.07. The minimum atomic E-state index is 0.504. The SMILES string of the molecule is CC1CCC(N(C)c2ccncc2CNC(C)C)CC1. The third-order valence-corrected chi connectivity index (χ3v) is 4.49. The molecule has 2 rings (SSSR count). The van der Waals surface area contributed by atoms with Crippen molar-refractivity contribution in [2.75, 3.05) is 11.9 Å². The van der Waals surface area contributed by atoms with Crippen LogP contribution in [0.15, 0.2) is 18.5 Å². The first-order chi connectivity index (χ1) is 9.58. The summed E-state index contributed by atoms with van der Waals surface area (Å²) in [6.45, 7) is 7.64. The Labute approximate surface area is 123 Å². The molecular weight excluding hydrogens is 246 g/mol. The van der Waals surface area contributed by atoms with Crippen LogP contribution in [0.1, 0.15) is 52.0 Å². The smallest absolute Gasteiger partial charge is 0.0442 e. The van der Waals surface area contributed by atoms with Crippen LogP contribution in [-0.2, 0) is 6.54 Å². The largest absolute Gasteiger partial charge is 0.371 e. The Morgan fingerprint density at radius 3 is 2.65 bits per heavy atom. The van der Waals surface area contributed by atoms with E-state index in [0.29, 0.717) is 12.1 Å². The Morgan fingerprint density at radius 1 is 1.30 bits per heavy atom. The first-order valence-electron chi connectivity index (χ1n) is 7.97. The van der Waals surface area contributed by atoms with Crippen molar-refractivity contribution in [2.45, 2.75) is 65.1 Å². The van der Waals surface area contributed by atoms with Gasteiger partial charge in [-0.3, -0.25) is 4.98 Å².